The summed E-state index contributed by atoms with van der Waals surface area (Å²) in [6, 6.07) is 13.9. The van der Waals surface area contributed by atoms with Gasteiger partial charge in [0.05, 0.1) is 0 Å². The largest absolute Gasteiger partial charge is 0.546 e. The van der Waals surface area contributed by atoms with Crippen LogP contribution in [0, 0.1) is 41.5 Å². The molecule has 3 rings (SSSR count). The van der Waals surface area contributed by atoms with Gasteiger partial charge in [-0.1, -0.05) is 53.6 Å². The van der Waals surface area contributed by atoms with E-state index >= 15 is 0 Å². The predicted octanol–water partition coefficient (Wildman–Crippen LogP) is 6.06. The Morgan fingerprint density at radius 1 is 0.710 bits per heavy atom. The van der Waals surface area contributed by atoms with Crippen LogP contribution in [0.1, 0.15) is 44.5 Å². The molecule has 31 heavy (non-hydrogen) atoms. The first-order valence-corrected chi connectivity index (χ1v) is 11.6. The van der Waals surface area contributed by atoms with Gasteiger partial charge < -0.3 is 9.47 Å². The van der Waals surface area contributed by atoms with Gasteiger partial charge in [-0.25, -0.2) is 0 Å². The average Bonchev–Trinajstić information content (AvgIpc) is 2.66. The van der Waals surface area contributed by atoms with Crippen LogP contribution >= 0.6 is 8.03 Å². The topological polar surface area (TPSA) is 55.8 Å². The van der Waals surface area contributed by atoms with Crippen molar-refractivity contribution < 1.29 is 18.9 Å². The standard InChI is InChI=1S/C26H29O4P/c1-16-10-18(3)24(19(4)11-16)29-14-22-8-7-9-23(26(22)31(27)28)15-30-25-20(5)12-17(2)13-21(25)6/h7-13H,14-15H2,1-6H3/p+1. The van der Waals surface area contributed by atoms with Gasteiger partial charge in [-0.15, -0.1) is 0 Å². The van der Waals surface area contributed by atoms with E-state index in [1.165, 1.54) is 11.1 Å². The van der Waals surface area contributed by atoms with Crippen LogP contribution in [-0.2, 0) is 17.8 Å². The zero-order valence-corrected chi connectivity index (χ0v) is 20.0. The number of hydrogen-bond acceptors (Lipinski definition) is 3. The summed E-state index contributed by atoms with van der Waals surface area (Å²) in [4.78, 5) is 10.1. The molecule has 4 nitrogen and oxygen atoms in total. The maximum atomic E-state index is 12.3. The van der Waals surface area contributed by atoms with Crippen molar-refractivity contribution in [2.45, 2.75) is 54.8 Å². The molecule has 0 aliphatic rings. The van der Waals surface area contributed by atoms with Crippen LogP contribution in [0.15, 0.2) is 42.5 Å². The molecule has 0 radical (unpaired) electrons. The van der Waals surface area contributed by atoms with Crippen molar-refractivity contribution in [3.05, 3.63) is 87.0 Å². The Morgan fingerprint density at radius 3 is 1.39 bits per heavy atom. The van der Waals surface area contributed by atoms with E-state index in [1.807, 2.05) is 45.9 Å². The summed E-state index contributed by atoms with van der Waals surface area (Å²) in [6.45, 7) is 12.6. The SMILES string of the molecule is Cc1cc(C)c(OCc2cccc(COc3c(C)cc(C)cc3C)c2[P+](=O)O)c(C)c1. The monoisotopic (exact) mass is 437 g/mol. The van der Waals surface area contributed by atoms with Crippen molar-refractivity contribution in [3.63, 3.8) is 0 Å². The van der Waals surface area contributed by atoms with Crippen LogP contribution in [0.25, 0.3) is 0 Å². The van der Waals surface area contributed by atoms with E-state index in [-0.39, 0.29) is 13.2 Å². The Balaban J connectivity index is 1.86. The molecule has 3 aromatic rings. The maximum absolute atomic E-state index is 12.3. The molecule has 0 saturated carbocycles. The lowest BCUT2D eigenvalue weighted by molar-refractivity contribution is 0.297. The van der Waals surface area contributed by atoms with Gasteiger partial charge in [0.15, 0.2) is 0 Å². The van der Waals surface area contributed by atoms with E-state index in [1.54, 1.807) is 0 Å². The van der Waals surface area contributed by atoms with Gasteiger partial charge in [-0.05, 0) is 68.4 Å². The van der Waals surface area contributed by atoms with Gasteiger partial charge >= 0.3 is 8.03 Å². The normalized spacial score (nSPS) is 11.4. The van der Waals surface area contributed by atoms with Crippen molar-refractivity contribution in [1.82, 2.24) is 0 Å². The number of aryl methyl sites for hydroxylation is 6. The Hall–Kier alpha value is -2.68. The lowest BCUT2D eigenvalue weighted by atomic mass is 10.1. The van der Waals surface area contributed by atoms with Crippen LogP contribution in [0.5, 0.6) is 11.5 Å². The van der Waals surface area contributed by atoms with Crippen molar-refractivity contribution in [2.24, 2.45) is 0 Å². The zero-order valence-electron chi connectivity index (χ0n) is 19.1. The maximum Gasteiger partial charge on any atom is 0.546 e. The molecule has 0 saturated heterocycles. The Morgan fingerprint density at radius 2 is 1.06 bits per heavy atom. The lowest BCUT2D eigenvalue weighted by Gasteiger charge is -2.15. The first-order chi connectivity index (χ1) is 14.7. The molecular formula is C26H30O4P+. The van der Waals surface area contributed by atoms with Crippen molar-refractivity contribution in [2.75, 3.05) is 0 Å². The molecule has 0 amide bonds. The van der Waals surface area contributed by atoms with Gasteiger partial charge in [0.2, 0.25) is 5.30 Å². The molecule has 3 aromatic carbocycles. The summed E-state index contributed by atoms with van der Waals surface area (Å²) < 4.78 is 24.4. The van der Waals surface area contributed by atoms with Crippen LogP contribution in [0.2, 0.25) is 0 Å². The average molecular weight is 437 g/mol. The highest BCUT2D eigenvalue weighted by Gasteiger charge is 2.27. The highest BCUT2D eigenvalue weighted by molar-refractivity contribution is 7.47. The summed E-state index contributed by atoms with van der Waals surface area (Å²) in [6.07, 6.45) is 0. The second-order valence-corrected chi connectivity index (χ2v) is 9.22. The van der Waals surface area contributed by atoms with Gasteiger partial charge in [0, 0.05) is 11.1 Å². The molecule has 5 heteroatoms. The molecule has 0 aliphatic carbocycles. The Kier molecular flexibility index (Phi) is 7.15. The van der Waals surface area contributed by atoms with Crippen molar-refractivity contribution >= 4 is 13.3 Å². The molecule has 0 heterocycles. The minimum atomic E-state index is -2.55. The minimum Gasteiger partial charge on any atom is -0.488 e. The molecule has 162 valence electrons. The van der Waals surface area contributed by atoms with E-state index < -0.39 is 8.03 Å². The molecule has 1 unspecified atom stereocenters. The lowest BCUT2D eigenvalue weighted by Crippen LogP contribution is -2.16. The highest BCUT2D eigenvalue weighted by Crippen LogP contribution is 2.29. The van der Waals surface area contributed by atoms with E-state index in [2.05, 4.69) is 38.1 Å². The first-order valence-electron chi connectivity index (χ1n) is 10.4. The predicted molar refractivity (Wildman–Crippen MR) is 126 cm³/mol. The molecule has 0 fully saturated rings. The van der Waals surface area contributed by atoms with Crippen molar-refractivity contribution in [1.29, 1.82) is 0 Å². The summed E-state index contributed by atoms with van der Waals surface area (Å²) in [5.74, 6) is 1.63. The number of hydrogen-bond donors (Lipinski definition) is 1. The summed E-state index contributed by atoms with van der Waals surface area (Å²) in [7, 11) is -2.55. The van der Waals surface area contributed by atoms with E-state index in [9.17, 15) is 9.46 Å². The van der Waals surface area contributed by atoms with Gasteiger partial charge in [-0.3, -0.25) is 0 Å². The number of benzene rings is 3. The van der Waals surface area contributed by atoms with Gasteiger partial charge in [-0.2, -0.15) is 4.89 Å². The smallest absolute Gasteiger partial charge is 0.488 e. The third-order valence-electron chi connectivity index (χ3n) is 5.35. The summed E-state index contributed by atoms with van der Waals surface area (Å²) >= 11 is 0. The quantitative estimate of drug-likeness (QED) is 0.457. The third-order valence-corrected chi connectivity index (χ3v) is 6.30. The molecule has 0 aromatic heterocycles. The van der Waals surface area contributed by atoms with Crippen molar-refractivity contribution in [3.8, 4) is 11.5 Å². The third kappa shape index (κ3) is 5.33. The molecular weight excluding hydrogens is 407 g/mol. The summed E-state index contributed by atoms with van der Waals surface area (Å²) in [5.41, 5.74) is 7.97. The van der Waals surface area contributed by atoms with Crippen LogP contribution in [0.4, 0.5) is 0 Å². The van der Waals surface area contributed by atoms with Crippen LogP contribution in [0.3, 0.4) is 0 Å². The zero-order chi connectivity index (χ0) is 22.7. The number of ether oxygens (including phenoxy) is 2. The van der Waals surface area contributed by atoms with Crippen LogP contribution < -0.4 is 14.8 Å². The first kappa shape index (κ1) is 23.0. The molecule has 0 aliphatic heterocycles. The minimum absolute atomic E-state index is 0.220. The second kappa shape index (κ2) is 9.64. The van der Waals surface area contributed by atoms with Crippen LogP contribution in [-0.4, -0.2) is 4.89 Å². The summed E-state index contributed by atoms with van der Waals surface area (Å²) in [5, 5.41) is 0.391. The van der Waals surface area contributed by atoms with E-state index in [4.69, 9.17) is 9.47 Å². The van der Waals surface area contributed by atoms with Gasteiger partial charge in [0.25, 0.3) is 0 Å². The van der Waals surface area contributed by atoms with Gasteiger partial charge in [0.1, 0.15) is 24.7 Å². The Labute approximate surface area is 185 Å². The molecule has 0 bridgehead atoms. The fraction of sp³-hybridized carbons (Fsp3) is 0.308. The highest BCUT2D eigenvalue weighted by atomic mass is 31.1. The Bertz CT molecular complexity index is 1010. The van der Waals surface area contributed by atoms with E-state index in [0.29, 0.717) is 16.4 Å². The second-order valence-electron chi connectivity index (χ2n) is 8.23. The molecule has 0 spiro atoms. The fourth-order valence-electron chi connectivity index (χ4n) is 4.21. The number of rotatable bonds is 7. The molecule has 1 N–H and O–H groups in total. The fourth-order valence-corrected chi connectivity index (χ4v) is 4.98. The van der Waals surface area contributed by atoms with E-state index in [0.717, 1.165) is 33.8 Å². The molecule has 1 atom stereocenters.